The van der Waals surface area contributed by atoms with Crippen molar-refractivity contribution in [2.45, 2.75) is 19.7 Å². The molecule has 3 aromatic rings. The molecule has 2 nitrogen and oxygen atoms in total. The average molecular weight is 344 g/mol. The van der Waals surface area contributed by atoms with Crippen LogP contribution in [-0.2, 0) is 16.1 Å². The van der Waals surface area contributed by atoms with Crippen molar-refractivity contribution in [2.24, 2.45) is 0 Å². The van der Waals surface area contributed by atoms with Gasteiger partial charge in [-0.25, -0.2) is 4.79 Å². The lowest BCUT2D eigenvalue weighted by atomic mass is 9.99. The molecule has 0 spiro atoms. The summed E-state index contributed by atoms with van der Waals surface area (Å²) < 4.78 is 5.40. The Balaban J connectivity index is 1.88. The first-order valence-electron chi connectivity index (χ1n) is 8.53. The first kappa shape index (κ1) is 15.9. The molecule has 124 valence electrons. The summed E-state index contributed by atoms with van der Waals surface area (Å²) in [6.07, 6.45) is 0. The molecule has 0 N–H and O–H groups in total. The fourth-order valence-electron chi connectivity index (χ4n) is 3.60. The maximum atomic E-state index is 12.5. The summed E-state index contributed by atoms with van der Waals surface area (Å²) >= 11 is 0. The van der Waals surface area contributed by atoms with E-state index in [2.05, 4.69) is 61.3 Å². The molecule has 0 amide bonds. The molecule has 0 radical (unpaired) electrons. The third-order valence-electron chi connectivity index (χ3n) is 4.88. The highest BCUT2D eigenvalue weighted by molar-refractivity contribution is 6.96. The minimum Gasteiger partial charge on any atom is -0.457 e. The van der Waals surface area contributed by atoms with Crippen molar-refractivity contribution in [3.05, 3.63) is 83.6 Å². The number of hydrogen-bond acceptors (Lipinski definition) is 2. The van der Waals surface area contributed by atoms with Crippen LogP contribution in [-0.4, -0.2) is 14.0 Å². The van der Waals surface area contributed by atoms with Crippen LogP contribution in [0.3, 0.4) is 0 Å². The van der Waals surface area contributed by atoms with Gasteiger partial charge in [0.15, 0.2) is 0 Å². The van der Waals surface area contributed by atoms with Gasteiger partial charge in [0, 0.05) is 0 Å². The fourth-order valence-corrected chi connectivity index (χ4v) is 6.20. The Kier molecular flexibility index (Phi) is 3.81. The Labute approximate surface area is 148 Å². The molecular formula is C22H20O2Si. The summed E-state index contributed by atoms with van der Waals surface area (Å²) in [5.74, 6) is -0.209. The zero-order chi connectivity index (χ0) is 17.4. The minimum atomic E-state index is -2.00. The standard InChI is InChI=1S/C22H20O2Si/c1-25(2,21-13-7-10-16-8-3-6-12-19(16)21)15-20-18-11-5-4-9-17(18)14-24-22(20)23/h3-13,15H,14H2,1-2H3/b20-15-. The largest absolute Gasteiger partial charge is 0.457 e. The molecule has 3 aromatic carbocycles. The van der Waals surface area contributed by atoms with Crippen LogP contribution >= 0.6 is 0 Å². The zero-order valence-corrected chi connectivity index (χ0v) is 15.5. The SMILES string of the molecule is C[Si](C)(/C=C1\C(=O)OCc2ccccc21)c1cccc2ccccc12. The van der Waals surface area contributed by atoms with Crippen LogP contribution in [0.5, 0.6) is 0 Å². The van der Waals surface area contributed by atoms with E-state index in [1.54, 1.807) is 0 Å². The van der Waals surface area contributed by atoms with Crippen LogP contribution in [0.1, 0.15) is 11.1 Å². The van der Waals surface area contributed by atoms with E-state index in [1.807, 2.05) is 24.3 Å². The molecule has 0 saturated heterocycles. The molecule has 4 rings (SSSR count). The van der Waals surface area contributed by atoms with Crippen LogP contribution in [0.25, 0.3) is 16.3 Å². The van der Waals surface area contributed by atoms with Gasteiger partial charge in [0.2, 0.25) is 0 Å². The number of rotatable bonds is 2. The van der Waals surface area contributed by atoms with Gasteiger partial charge in [0.25, 0.3) is 0 Å². The van der Waals surface area contributed by atoms with Gasteiger partial charge in [-0.2, -0.15) is 0 Å². The fraction of sp³-hybridized carbons (Fsp3) is 0.136. The third-order valence-corrected chi connectivity index (χ3v) is 7.71. The molecule has 0 aromatic heterocycles. The molecule has 1 heterocycles. The predicted octanol–water partition coefficient (Wildman–Crippen LogP) is 4.43. The van der Waals surface area contributed by atoms with Crippen LogP contribution in [0.4, 0.5) is 0 Å². The number of ether oxygens (including phenoxy) is 1. The first-order valence-corrected chi connectivity index (χ1v) is 11.6. The summed E-state index contributed by atoms with van der Waals surface area (Å²) in [6.45, 7) is 4.93. The van der Waals surface area contributed by atoms with Gasteiger partial charge < -0.3 is 4.74 Å². The summed E-state index contributed by atoms with van der Waals surface area (Å²) in [5, 5.41) is 3.86. The van der Waals surface area contributed by atoms with Gasteiger partial charge in [-0.15, -0.1) is 0 Å². The highest BCUT2D eigenvalue weighted by Gasteiger charge is 2.29. The molecule has 1 aliphatic heterocycles. The quantitative estimate of drug-likeness (QED) is 0.390. The van der Waals surface area contributed by atoms with E-state index in [0.717, 1.165) is 11.1 Å². The Morgan fingerprint density at radius 3 is 2.52 bits per heavy atom. The van der Waals surface area contributed by atoms with Crippen molar-refractivity contribution in [3.8, 4) is 0 Å². The zero-order valence-electron chi connectivity index (χ0n) is 14.5. The number of carbonyl (C=O) groups excluding carboxylic acids is 1. The van der Waals surface area contributed by atoms with Crippen LogP contribution in [0.15, 0.2) is 72.4 Å². The van der Waals surface area contributed by atoms with Crippen molar-refractivity contribution < 1.29 is 9.53 Å². The van der Waals surface area contributed by atoms with Gasteiger partial charge in [0.05, 0.1) is 5.57 Å². The Hall–Kier alpha value is -2.65. The Morgan fingerprint density at radius 1 is 0.920 bits per heavy atom. The molecule has 3 heteroatoms. The van der Waals surface area contributed by atoms with Crippen LogP contribution in [0, 0.1) is 0 Å². The van der Waals surface area contributed by atoms with Crippen molar-refractivity contribution in [3.63, 3.8) is 0 Å². The summed E-state index contributed by atoms with van der Waals surface area (Å²) in [7, 11) is -2.00. The minimum absolute atomic E-state index is 0.209. The van der Waals surface area contributed by atoms with Crippen molar-refractivity contribution in [2.75, 3.05) is 0 Å². The van der Waals surface area contributed by atoms with Crippen molar-refractivity contribution in [1.29, 1.82) is 0 Å². The first-order chi connectivity index (χ1) is 12.1. The van der Waals surface area contributed by atoms with E-state index in [9.17, 15) is 4.79 Å². The van der Waals surface area contributed by atoms with Gasteiger partial charge in [0.1, 0.15) is 14.7 Å². The van der Waals surface area contributed by atoms with Gasteiger partial charge in [-0.1, -0.05) is 85.5 Å². The molecular weight excluding hydrogens is 324 g/mol. The van der Waals surface area contributed by atoms with Gasteiger partial charge in [-0.3, -0.25) is 0 Å². The van der Waals surface area contributed by atoms with Crippen LogP contribution < -0.4 is 5.19 Å². The predicted molar refractivity (Wildman–Crippen MR) is 105 cm³/mol. The lowest BCUT2D eigenvalue weighted by molar-refractivity contribution is -0.138. The number of carbonyl (C=O) groups is 1. The highest BCUT2D eigenvalue weighted by atomic mass is 28.3. The van der Waals surface area contributed by atoms with Gasteiger partial charge in [-0.05, 0) is 27.1 Å². The van der Waals surface area contributed by atoms with Crippen molar-refractivity contribution in [1.82, 2.24) is 0 Å². The number of fused-ring (bicyclic) bond motifs is 2. The van der Waals surface area contributed by atoms with E-state index < -0.39 is 8.07 Å². The molecule has 0 fully saturated rings. The van der Waals surface area contributed by atoms with E-state index in [4.69, 9.17) is 4.74 Å². The second kappa shape index (κ2) is 6.01. The maximum absolute atomic E-state index is 12.5. The maximum Gasteiger partial charge on any atom is 0.338 e. The number of benzene rings is 3. The Bertz CT molecular complexity index is 996. The van der Waals surface area contributed by atoms with E-state index in [0.29, 0.717) is 12.2 Å². The summed E-state index contributed by atoms with van der Waals surface area (Å²) in [4.78, 5) is 12.5. The molecule has 0 saturated carbocycles. The molecule has 0 bridgehead atoms. The van der Waals surface area contributed by atoms with E-state index in [1.165, 1.54) is 16.0 Å². The van der Waals surface area contributed by atoms with E-state index >= 15 is 0 Å². The molecule has 0 unspecified atom stereocenters. The van der Waals surface area contributed by atoms with E-state index in [-0.39, 0.29) is 5.97 Å². The van der Waals surface area contributed by atoms with Crippen LogP contribution in [0.2, 0.25) is 13.1 Å². The third kappa shape index (κ3) is 2.81. The molecule has 0 aliphatic carbocycles. The second-order valence-corrected chi connectivity index (χ2v) is 11.3. The molecule has 0 atom stereocenters. The van der Waals surface area contributed by atoms with Crippen molar-refractivity contribution >= 4 is 35.6 Å². The number of esters is 1. The Morgan fingerprint density at radius 2 is 1.64 bits per heavy atom. The second-order valence-electron chi connectivity index (χ2n) is 7.04. The highest BCUT2D eigenvalue weighted by Crippen LogP contribution is 2.29. The summed E-state index contributed by atoms with van der Waals surface area (Å²) in [6, 6.07) is 22.9. The summed E-state index contributed by atoms with van der Waals surface area (Å²) in [5.41, 5.74) is 5.00. The lowest BCUT2D eigenvalue weighted by Crippen LogP contribution is -2.41. The molecule has 25 heavy (non-hydrogen) atoms. The topological polar surface area (TPSA) is 26.3 Å². The van der Waals surface area contributed by atoms with Gasteiger partial charge >= 0.3 is 5.97 Å². The lowest BCUT2D eigenvalue weighted by Gasteiger charge is -2.25. The number of hydrogen-bond donors (Lipinski definition) is 0. The smallest absolute Gasteiger partial charge is 0.338 e. The monoisotopic (exact) mass is 344 g/mol. The molecule has 1 aliphatic rings. The normalized spacial score (nSPS) is 15.9. The number of cyclic esters (lactones) is 1. The average Bonchev–Trinajstić information content (AvgIpc) is 2.63.